The summed E-state index contributed by atoms with van der Waals surface area (Å²) >= 11 is 0. The molecule has 2 rings (SSSR count). The van der Waals surface area contributed by atoms with Crippen LogP contribution in [0, 0.1) is 16.0 Å². The second kappa shape index (κ2) is 10.6. The molecule has 0 N–H and O–H groups in total. The van der Waals surface area contributed by atoms with Crippen LogP contribution in [0.3, 0.4) is 0 Å². The quantitative estimate of drug-likeness (QED) is 0.329. The summed E-state index contributed by atoms with van der Waals surface area (Å²) in [5, 5.41) is 11.3. The van der Waals surface area contributed by atoms with Crippen LogP contribution in [0.5, 0.6) is 11.5 Å². The van der Waals surface area contributed by atoms with E-state index in [2.05, 4.69) is 4.74 Å². The fourth-order valence-corrected chi connectivity index (χ4v) is 3.63. The third-order valence-electron chi connectivity index (χ3n) is 5.16. The molecule has 29 heavy (non-hydrogen) atoms. The molecular formula is C20H27NO8. The van der Waals surface area contributed by atoms with Gasteiger partial charge >= 0.3 is 11.9 Å². The van der Waals surface area contributed by atoms with Gasteiger partial charge in [-0.3, -0.25) is 19.7 Å². The number of benzene rings is 1. The normalized spacial score (nSPS) is 16.0. The molecule has 1 unspecified atom stereocenters. The SMILES string of the molecule is COC(=O)CC(C(=O)OC)[C@H](C[N+](=O)[O-])c1ccc(OC)c(OC2CCCC2)c1. The van der Waals surface area contributed by atoms with Gasteiger partial charge in [-0.1, -0.05) is 6.07 Å². The highest BCUT2D eigenvalue weighted by atomic mass is 16.6. The highest BCUT2D eigenvalue weighted by Crippen LogP contribution is 2.37. The second-order valence-electron chi connectivity index (χ2n) is 6.97. The molecule has 2 atom stereocenters. The number of ether oxygens (including phenoxy) is 4. The molecule has 0 aliphatic heterocycles. The maximum Gasteiger partial charge on any atom is 0.310 e. The van der Waals surface area contributed by atoms with Gasteiger partial charge in [0.2, 0.25) is 6.54 Å². The predicted molar refractivity (Wildman–Crippen MR) is 103 cm³/mol. The molecule has 1 fully saturated rings. The molecule has 9 nitrogen and oxygen atoms in total. The first-order chi connectivity index (χ1) is 13.9. The summed E-state index contributed by atoms with van der Waals surface area (Å²) in [5.41, 5.74) is 0.495. The Labute approximate surface area is 169 Å². The number of carbonyl (C=O) groups excluding carboxylic acids is 2. The molecule has 160 valence electrons. The summed E-state index contributed by atoms with van der Waals surface area (Å²) in [4.78, 5) is 35.0. The van der Waals surface area contributed by atoms with E-state index in [4.69, 9.17) is 14.2 Å². The maximum absolute atomic E-state index is 12.3. The van der Waals surface area contributed by atoms with Crippen molar-refractivity contribution in [1.82, 2.24) is 0 Å². The first kappa shape index (κ1) is 22.4. The molecule has 1 aliphatic carbocycles. The third kappa shape index (κ3) is 6.07. The molecule has 0 amide bonds. The Hall–Kier alpha value is -2.84. The number of hydrogen-bond acceptors (Lipinski definition) is 8. The van der Waals surface area contributed by atoms with E-state index in [1.54, 1.807) is 18.2 Å². The van der Waals surface area contributed by atoms with Crippen molar-refractivity contribution in [2.75, 3.05) is 27.9 Å². The zero-order valence-electron chi connectivity index (χ0n) is 16.9. The van der Waals surface area contributed by atoms with Crippen molar-refractivity contribution in [3.8, 4) is 11.5 Å². The zero-order chi connectivity index (χ0) is 21.4. The summed E-state index contributed by atoms with van der Waals surface area (Å²) in [6.07, 6.45) is 3.75. The average Bonchev–Trinajstić information content (AvgIpc) is 3.22. The average molecular weight is 409 g/mol. The lowest BCUT2D eigenvalue weighted by molar-refractivity contribution is -0.484. The molecule has 1 aliphatic rings. The maximum atomic E-state index is 12.3. The lowest BCUT2D eigenvalue weighted by Gasteiger charge is -2.23. The van der Waals surface area contributed by atoms with Crippen LogP contribution >= 0.6 is 0 Å². The standard InChI is InChI=1S/C20H27NO8/c1-26-17-9-8-13(10-18(17)29-14-6-4-5-7-14)16(12-21(24)25)15(20(23)28-3)11-19(22)27-2/h8-10,14-16H,4-7,11-12H2,1-3H3/t15?,16-/m1/s1. The number of hydrogen-bond donors (Lipinski definition) is 0. The molecule has 0 radical (unpaired) electrons. The smallest absolute Gasteiger partial charge is 0.310 e. The zero-order valence-corrected chi connectivity index (χ0v) is 16.9. The Morgan fingerprint density at radius 1 is 1.14 bits per heavy atom. The summed E-state index contributed by atoms with van der Waals surface area (Å²) in [6, 6.07) is 4.94. The fraction of sp³-hybridized carbons (Fsp3) is 0.600. The number of rotatable bonds is 10. The van der Waals surface area contributed by atoms with Crippen LogP contribution in [-0.2, 0) is 19.1 Å². The Morgan fingerprint density at radius 2 is 1.83 bits per heavy atom. The molecule has 0 saturated heterocycles. The van der Waals surface area contributed by atoms with Crippen molar-refractivity contribution in [3.63, 3.8) is 0 Å². The Kier molecular flexibility index (Phi) is 8.23. The molecular weight excluding hydrogens is 382 g/mol. The molecule has 1 aromatic rings. The van der Waals surface area contributed by atoms with Gasteiger partial charge < -0.3 is 18.9 Å². The van der Waals surface area contributed by atoms with Crippen LogP contribution in [0.15, 0.2) is 18.2 Å². The van der Waals surface area contributed by atoms with Gasteiger partial charge in [-0.2, -0.15) is 0 Å². The molecule has 0 bridgehead atoms. The predicted octanol–water partition coefficient (Wildman–Crippen LogP) is 2.73. The number of esters is 2. The lowest BCUT2D eigenvalue weighted by Crippen LogP contribution is -2.31. The van der Waals surface area contributed by atoms with Gasteiger partial charge in [-0.25, -0.2) is 0 Å². The second-order valence-corrected chi connectivity index (χ2v) is 6.97. The van der Waals surface area contributed by atoms with Crippen LogP contribution in [0.1, 0.15) is 43.6 Å². The van der Waals surface area contributed by atoms with Crippen LogP contribution in [0.25, 0.3) is 0 Å². The van der Waals surface area contributed by atoms with Crippen LogP contribution < -0.4 is 9.47 Å². The molecule has 0 heterocycles. The first-order valence-corrected chi connectivity index (χ1v) is 9.50. The van der Waals surface area contributed by atoms with Crippen molar-refractivity contribution in [3.05, 3.63) is 33.9 Å². The van der Waals surface area contributed by atoms with Gasteiger partial charge in [-0.05, 0) is 43.4 Å². The van der Waals surface area contributed by atoms with Crippen LogP contribution in [0.2, 0.25) is 0 Å². The summed E-state index contributed by atoms with van der Waals surface area (Å²) < 4.78 is 20.9. The van der Waals surface area contributed by atoms with E-state index in [1.165, 1.54) is 21.3 Å². The number of nitrogens with zero attached hydrogens (tertiary/aromatic N) is 1. The van der Waals surface area contributed by atoms with Gasteiger partial charge in [-0.15, -0.1) is 0 Å². The minimum absolute atomic E-state index is 0.0552. The topological polar surface area (TPSA) is 114 Å². The molecule has 1 aromatic carbocycles. The van der Waals surface area contributed by atoms with Gasteiger partial charge in [0, 0.05) is 4.92 Å². The number of carbonyl (C=O) groups is 2. The van der Waals surface area contributed by atoms with E-state index in [1.807, 2.05) is 0 Å². The molecule has 1 saturated carbocycles. The molecule has 0 spiro atoms. The monoisotopic (exact) mass is 409 g/mol. The largest absolute Gasteiger partial charge is 0.493 e. The molecule has 9 heteroatoms. The summed E-state index contributed by atoms with van der Waals surface area (Å²) in [6.45, 7) is -0.550. The number of methoxy groups -OCH3 is 3. The van der Waals surface area contributed by atoms with Gasteiger partial charge in [0.15, 0.2) is 11.5 Å². The van der Waals surface area contributed by atoms with Crippen molar-refractivity contribution in [2.24, 2.45) is 5.92 Å². The van der Waals surface area contributed by atoms with E-state index < -0.39 is 35.2 Å². The van der Waals surface area contributed by atoms with E-state index >= 15 is 0 Å². The fourth-order valence-electron chi connectivity index (χ4n) is 3.63. The van der Waals surface area contributed by atoms with E-state index in [9.17, 15) is 19.7 Å². The van der Waals surface area contributed by atoms with Crippen LogP contribution in [-0.4, -0.2) is 50.8 Å². The van der Waals surface area contributed by atoms with E-state index in [0.717, 1.165) is 25.7 Å². The van der Waals surface area contributed by atoms with Gasteiger partial charge in [0.1, 0.15) is 0 Å². The highest BCUT2D eigenvalue weighted by molar-refractivity contribution is 5.80. The van der Waals surface area contributed by atoms with E-state index in [0.29, 0.717) is 17.1 Å². The lowest BCUT2D eigenvalue weighted by atomic mass is 9.83. The van der Waals surface area contributed by atoms with Crippen molar-refractivity contribution in [1.29, 1.82) is 0 Å². The van der Waals surface area contributed by atoms with Gasteiger partial charge in [0.05, 0.1) is 45.7 Å². The molecule has 0 aromatic heterocycles. The van der Waals surface area contributed by atoms with Crippen molar-refractivity contribution >= 4 is 11.9 Å². The van der Waals surface area contributed by atoms with Gasteiger partial charge in [0.25, 0.3) is 0 Å². The minimum Gasteiger partial charge on any atom is -0.493 e. The minimum atomic E-state index is -1.06. The van der Waals surface area contributed by atoms with Crippen LogP contribution in [0.4, 0.5) is 0 Å². The van der Waals surface area contributed by atoms with Crippen molar-refractivity contribution < 1.29 is 33.5 Å². The third-order valence-corrected chi connectivity index (χ3v) is 5.16. The first-order valence-electron chi connectivity index (χ1n) is 9.50. The number of nitro groups is 1. The van der Waals surface area contributed by atoms with E-state index in [-0.39, 0.29) is 12.5 Å². The summed E-state index contributed by atoms with van der Waals surface area (Å²) in [5.74, 6) is -2.35. The summed E-state index contributed by atoms with van der Waals surface area (Å²) in [7, 11) is 3.89. The highest BCUT2D eigenvalue weighted by Gasteiger charge is 2.37. The van der Waals surface area contributed by atoms with Crippen molar-refractivity contribution in [2.45, 2.75) is 44.1 Å². The Morgan fingerprint density at radius 3 is 2.38 bits per heavy atom. The Balaban J connectivity index is 2.41. The Bertz CT molecular complexity index is 729.